The van der Waals surface area contributed by atoms with Gasteiger partial charge in [0, 0.05) is 0 Å². The lowest BCUT2D eigenvalue weighted by atomic mass is 9.69. The van der Waals surface area contributed by atoms with Crippen molar-refractivity contribution in [3.05, 3.63) is 0 Å². The molecule has 1 heterocycles. The molecule has 0 spiro atoms. The van der Waals surface area contributed by atoms with E-state index in [1.807, 2.05) is 0 Å². The molecule has 0 N–H and O–H groups in total. The molecular weight excluding hydrogens is 206 g/mol. The third-order valence-corrected chi connectivity index (χ3v) is 4.45. The molecule has 0 atom stereocenters. The van der Waals surface area contributed by atoms with Gasteiger partial charge in [-0.15, -0.1) is 0 Å². The van der Waals surface area contributed by atoms with E-state index < -0.39 is 0 Å². The molecule has 102 valence electrons. The molecule has 0 bridgehead atoms. The molecule has 1 rings (SSSR count). The summed E-state index contributed by atoms with van der Waals surface area (Å²) in [5.41, 5.74) is 0.547. The second kappa shape index (κ2) is 6.78. The Hall–Kier alpha value is -0.0400. The first-order valence-corrected chi connectivity index (χ1v) is 7.68. The summed E-state index contributed by atoms with van der Waals surface area (Å²) < 4.78 is 0. The molecule has 0 saturated carbocycles. The van der Waals surface area contributed by atoms with Crippen LogP contribution >= 0.6 is 0 Å². The number of unbranched alkanes of at least 4 members (excludes halogenated alkanes) is 1. The van der Waals surface area contributed by atoms with Gasteiger partial charge in [0.1, 0.15) is 0 Å². The van der Waals surface area contributed by atoms with Crippen molar-refractivity contribution in [1.29, 1.82) is 0 Å². The van der Waals surface area contributed by atoms with E-state index in [-0.39, 0.29) is 0 Å². The van der Waals surface area contributed by atoms with Crippen LogP contribution in [0.1, 0.15) is 66.7 Å². The SMILES string of the molecule is CCCCN1CCC(C(C)(C)CC(C)C)CC1. The third-order valence-electron chi connectivity index (χ3n) is 4.45. The van der Waals surface area contributed by atoms with Crippen LogP contribution in [0.25, 0.3) is 0 Å². The van der Waals surface area contributed by atoms with Crippen LogP contribution in [-0.2, 0) is 0 Å². The fourth-order valence-corrected chi connectivity index (χ4v) is 3.54. The Morgan fingerprint density at radius 2 is 1.76 bits per heavy atom. The van der Waals surface area contributed by atoms with Gasteiger partial charge in [-0.1, -0.05) is 41.0 Å². The first-order chi connectivity index (χ1) is 7.95. The maximum Gasteiger partial charge on any atom is -0.00159 e. The average Bonchev–Trinajstić information content (AvgIpc) is 2.25. The Labute approximate surface area is 109 Å². The molecule has 1 fully saturated rings. The summed E-state index contributed by atoms with van der Waals surface area (Å²) in [7, 11) is 0. The molecule has 17 heavy (non-hydrogen) atoms. The predicted octanol–water partition coefficient (Wildman–Crippen LogP) is 4.57. The Morgan fingerprint density at radius 1 is 1.18 bits per heavy atom. The van der Waals surface area contributed by atoms with Gasteiger partial charge in [0.2, 0.25) is 0 Å². The monoisotopic (exact) mass is 239 g/mol. The minimum atomic E-state index is 0.547. The van der Waals surface area contributed by atoms with Gasteiger partial charge in [0.25, 0.3) is 0 Å². The fourth-order valence-electron chi connectivity index (χ4n) is 3.54. The highest BCUT2D eigenvalue weighted by Crippen LogP contribution is 2.39. The third kappa shape index (κ3) is 4.99. The average molecular weight is 239 g/mol. The van der Waals surface area contributed by atoms with Gasteiger partial charge in [-0.2, -0.15) is 0 Å². The lowest BCUT2D eigenvalue weighted by molar-refractivity contribution is 0.0836. The van der Waals surface area contributed by atoms with Gasteiger partial charge in [-0.05, 0) is 62.6 Å². The van der Waals surface area contributed by atoms with Crippen LogP contribution in [0.4, 0.5) is 0 Å². The zero-order valence-corrected chi connectivity index (χ0v) is 12.8. The van der Waals surface area contributed by atoms with Crippen molar-refractivity contribution < 1.29 is 0 Å². The number of rotatable bonds is 6. The van der Waals surface area contributed by atoms with E-state index in [1.54, 1.807) is 0 Å². The predicted molar refractivity (Wildman–Crippen MR) is 77.3 cm³/mol. The summed E-state index contributed by atoms with van der Waals surface area (Å²) in [5.74, 6) is 1.78. The van der Waals surface area contributed by atoms with Crippen molar-refractivity contribution in [3.8, 4) is 0 Å². The quantitative estimate of drug-likeness (QED) is 0.656. The first-order valence-electron chi connectivity index (χ1n) is 7.68. The summed E-state index contributed by atoms with van der Waals surface area (Å²) in [6, 6.07) is 0. The number of likely N-dealkylation sites (tertiary alicyclic amines) is 1. The number of nitrogens with zero attached hydrogens (tertiary/aromatic N) is 1. The van der Waals surface area contributed by atoms with Crippen molar-refractivity contribution in [3.63, 3.8) is 0 Å². The number of piperidine rings is 1. The summed E-state index contributed by atoms with van der Waals surface area (Å²) in [4.78, 5) is 2.67. The molecular formula is C16H33N. The van der Waals surface area contributed by atoms with Crippen molar-refractivity contribution in [2.45, 2.75) is 66.7 Å². The maximum atomic E-state index is 2.67. The molecule has 1 heteroatoms. The van der Waals surface area contributed by atoms with Crippen LogP contribution in [0.2, 0.25) is 0 Å². The van der Waals surface area contributed by atoms with E-state index >= 15 is 0 Å². The maximum absolute atomic E-state index is 2.67. The number of hydrogen-bond acceptors (Lipinski definition) is 1. The van der Waals surface area contributed by atoms with Crippen LogP contribution in [0, 0.1) is 17.3 Å². The van der Waals surface area contributed by atoms with Gasteiger partial charge in [0.15, 0.2) is 0 Å². The van der Waals surface area contributed by atoms with Gasteiger partial charge < -0.3 is 4.90 Å². The zero-order chi connectivity index (χ0) is 12.9. The lowest BCUT2D eigenvalue weighted by Crippen LogP contribution is -2.39. The molecule has 1 nitrogen and oxygen atoms in total. The van der Waals surface area contributed by atoms with Crippen molar-refractivity contribution in [2.75, 3.05) is 19.6 Å². The van der Waals surface area contributed by atoms with Gasteiger partial charge in [-0.25, -0.2) is 0 Å². The highest BCUT2D eigenvalue weighted by atomic mass is 15.1. The normalized spacial score (nSPS) is 20.1. The van der Waals surface area contributed by atoms with Gasteiger partial charge >= 0.3 is 0 Å². The minimum absolute atomic E-state index is 0.547. The van der Waals surface area contributed by atoms with E-state index in [0.717, 1.165) is 11.8 Å². The second-order valence-corrected chi connectivity index (χ2v) is 7.06. The number of hydrogen-bond donors (Lipinski definition) is 0. The van der Waals surface area contributed by atoms with Crippen LogP contribution in [0.5, 0.6) is 0 Å². The molecule has 0 aromatic carbocycles. The van der Waals surface area contributed by atoms with Crippen molar-refractivity contribution >= 4 is 0 Å². The smallest absolute Gasteiger partial charge is 0.00159 e. The molecule has 0 aromatic heterocycles. The van der Waals surface area contributed by atoms with Crippen LogP contribution in [-0.4, -0.2) is 24.5 Å². The Kier molecular flexibility index (Phi) is 5.99. The van der Waals surface area contributed by atoms with Crippen LogP contribution in [0.3, 0.4) is 0 Å². The van der Waals surface area contributed by atoms with Crippen LogP contribution < -0.4 is 0 Å². The molecule has 0 aromatic rings. The summed E-state index contributed by atoms with van der Waals surface area (Å²) in [6.07, 6.45) is 6.93. The standard InChI is InChI=1S/C16H33N/c1-6-7-10-17-11-8-15(9-12-17)16(4,5)13-14(2)3/h14-15H,6-13H2,1-5H3. The Balaban J connectivity index is 2.35. The van der Waals surface area contributed by atoms with Gasteiger partial charge in [-0.3, -0.25) is 0 Å². The molecule has 1 aliphatic rings. The van der Waals surface area contributed by atoms with E-state index in [1.165, 1.54) is 51.7 Å². The van der Waals surface area contributed by atoms with Gasteiger partial charge in [0.05, 0.1) is 0 Å². The van der Waals surface area contributed by atoms with Crippen LogP contribution in [0.15, 0.2) is 0 Å². The summed E-state index contributed by atoms with van der Waals surface area (Å²) >= 11 is 0. The van der Waals surface area contributed by atoms with E-state index in [4.69, 9.17) is 0 Å². The van der Waals surface area contributed by atoms with E-state index in [9.17, 15) is 0 Å². The molecule has 0 aliphatic carbocycles. The Bertz CT molecular complexity index is 200. The summed E-state index contributed by atoms with van der Waals surface area (Å²) in [6.45, 7) is 16.0. The minimum Gasteiger partial charge on any atom is -0.303 e. The molecule has 0 unspecified atom stereocenters. The molecule has 1 saturated heterocycles. The topological polar surface area (TPSA) is 3.24 Å². The Morgan fingerprint density at radius 3 is 2.24 bits per heavy atom. The lowest BCUT2D eigenvalue weighted by Gasteiger charge is -2.41. The van der Waals surface area contributed by atoms with Crippen molar-refractivity contribution in [2.24, 2.45) is 17.3 Å². The highest BCUT2D eigenvalue weighted by Gasteiger charge is 2.32. The summed E-state index contributed by atoms with van der Waals surface area (Å²) in [5, 5.41) is 0. The van der Waals surface area contributed by atoms with E-state index in [2.05, 4.69) is 39.5 Å². The largest absolute Gasteiger partial charge is 0.303 e. The molecule has 0 radical (unpaired) electrons. The molecule has 0 amide bonds. The zero-order valence-electron chi connectivity index (χ0n) is 12.8. The highest BCUT2D eigenvalue weighted by molar-refractivity contribution is 4.84. The van der Waals surface area contributed by atoms with Crippen molar-refractivity contribution in [1.82, 2.24) is 4.90 Å². The van der Waals surface area contributed by atoms with E-state index in [0.29, 0.717) is 5.41 Å². The second-order valence-electron chi connectivity index (χ2n) is 7.06. The first kappa shape index (κ1) is 15.0. The fraction of sp³-hybridized carbons (Fsp3) is 1.00. The molecule has 1 aliphatic heterocycles.